The summed E-state index contributed by atoms with van der Waals surface area (Å²) in [4.78, 5) is 28.0. The van der Waals surface area contributed by atoms with Gasteiger partial charge in [-0.3, -0.25) is 25.6 Å². The highest BCUT2D eigenvalue weighted by Crippen LogP contribution is 2.29. The normalized spacial score (nSPS) is 16.2. The van der Waals surface area contributed by atoms with Crippen molar-refractivity contribution < 1.29 is 14.8 Å². The molecule has 9 heteroatoms. The van der Waals surface area contributed by atoms with Crippen molar-refractivity contribution in [3.8, 4) is 0 Å². The molecule has 0 bridgehead atoms. The van der Waals surface area contributed by atoms with E-state index in [1.807, 2.05) is 25.1 Å². The first-order valence-electron chi connectivity index (χ1n) is 9.64. The Kier molecular flexibility index (Phi) is 6.70. The lowest BCUT2D eigenvalue weighted by atomic mass is 9.85. The van der Waals surface area contributed by atoms with E-state index >= 15 is 0 Å². The first kappa shape index (κ1) is 19.9. The summed E-state index contributed by atoms with van der Waals surface area (Å²) in [5.41, 5.74) is 7.72. The molecule has 2 aromatic rings. The van der Waals surface area contributed by atoms with Gasteiger partial charge in [0.2, 0.25) is 12.3 Å². The first-order chi connectivity index (χ1) is 13.6. The van der Waals surface area contributed by atoms with Gasteiger partial charge in [0.1, 0.15) is 5.52 Å². The highest BCUT2D eigenvalue weighted by Gasteiger charge is 2.30. The smallest absolute Gasteiger partial charge is 0.262 e. The van der Waals surface area contributed by atoms with Crippen LogP contribution in [0.4, 0.5) is 5.95 Å². The second kappa shape index (κ2) is 9.41. The van der Waals surface area contributed by atoms with Gasteiger partial charge in [0, 0.05) is 0 Å². The number of hydrogen-bond donors (Lipinski definition) is 3. The van der Waals surface area contributed by atoms with Crippen molar-refractivity contribution in [2.24, 2.45) is 11.8 Å². The summed E-state index contributed by atoms with van der Waals surface area (Å²) in [6.07, 6.45) is 6.52. The third-order valence-corrected chi connectivity index (χ3v) is 5.22. The van der Waals surface area contributed by atoms with Gasteiger partial charge in [0.15, 0.2) is 0 Å². The van der Waals surface area contributed by atoms with Crippen LogP contribution < -0.4 is 10.9 Å². The van der Waals surface area contributed by atoms with Crippen molar-refractivity contribution in [2.75, 3.05) is 12.0 Å². The Morgan fingerprint density at radius 2 is 2.00 bits per heavy atom. The van der Waals surface area contributed by atoms with Crippen molar-refractivity contribution in [1.29, 1.82) is 0 Å². The first-order valence-corrected chi connectivity index (χ1v) is 9.64. The molecule has 0 spiro atoms. The molecule has 1 aromatic heterocycles. The Hall–Kier alpha value is -2.81. The number of hydrogen-bond acceptors (Lipinski definition) is 7. The number of nitrogens with zero attached hydrogens (tertiary/aromatic N) is 4. The molecule has 9 nitrogen and oxygen atoms in total. The Balaban J connectivity index is 1.68. The highest BCUT2D eigenvalue weighted by molar-refractivity contribution is 5.81. The van der Waals surface area contributed by atoms with Gasteiger partial charge in [-0.05, 0) is 43.4 Å². The minimum absolute atomic E-state index is 0.0439. The van der Waals surface area contributed by atoms with E-state index in [1.54, 1.807) is 0 Å². The van der Waals surface area contributed by atoms with Gasteiger partial charge in [0.05, 0.1) is 18.0 Å². The minimum atomic E-state index is -0.517. The van der Waals surface area contributed by atoms with Crippen LogP contribution in [-0.4, -0.2) is 44.3 Å². The lowest BCUT2D eigenvalue weighted by Gasteiger charge is -2.27. The van der Waals surface area contributed by atoms with Crippen LogP contribution in [0.15, 0.2) is 18.2 Å². The zero-order chi connectivity index (χ0) is 19.9. The summed E-state index contributed by atoms with van der Waals surface area (Å²) in [7, 11) is 0. The number of carbonyl (C=O) groups is 2. The molecule has 0 saturated heterocycles. The zero-order valence-electron chi connectivity index (χ0n) is 16.0. The van der Waals surface area contributed by atoms with Gasteiger partial charge in [-0.1, -0.05) is 31.7 Å². The Morgan fingerprint density at radius 1 is 1.25 bits per heavy atom. The van der Waals surface area contributed by atoms with Gasteiger partial charge in [-0.25, -0.2) is 10.0 Å². The number of nitrogens with one attached hydrogen (secondary N) is 2. The van der Waals surface area contributed by atoms with Crippen molar-refractivity contribution in [2.45, 2.75) is 45.4 Å². The second-order valence-corrected chi connectivity index (χ2v) is 7.33. The van der Waals surface area contributed by atoms with Crippen molar-refractivity contribution in [3.63, 3.8) is 0 Å². The lowest BCUT2D eigenvalue weighted by molar-refractivity contribution is -0.156. The third-order valence-electron chi connectivity index (χ3n) is 5.22. The number of carbonyl (C=O) groups excluding carboxylic acids is 2. The van der Waals surface area contributed by atoms with E-state index in [0.29, 0.717) is 22.5 Å². The largest absolute Gasteiger partial charge is 0.286 e. The maximum Gasteiger partial charge on any atom is 0.262 e. The molecule has 0 aliphatic heterocycles. The average molecular weight is 386 g/mol. The SMILES string of the molecule is Cc1ccc2nc(NNC(=O)[C@@H](CN(O)C=O)C3CCCCCC3)nnc2c1. The number of rotatable bonds is 7. The number of fused-ring (bicyclic) bond motifs is 1. The number of anilines is 1. The standard InChI is InChI=1S/C19H26N6O3/c1-13-8-9-16-17(10-13)21-23-19(20-16)24-22-18(27)15(11-25(28)12-26)14-6-4-2-3-5-7-14/h8-10,12,14-15,28H,2-7,11H2,1H3,(H,22,27)(H,20,23,24)/t15-/m0/s1. The molecule has 1 saturated carbocycles. The van der Waals surface area contributed by atoms with Crippen LogP contribution in [0.2, 0.25) is 0 Å². The van der Waals surface area contributed by atoms with E-state index in [2.05, 4.69) is 26.0 Å². The van der Waals surface area contributed by atoms with Gasteiger partial charge >= 0.3 is 0 Å². The summed E-state index contributed by atoms with van der Waals surface area (Å²) in [6.45, 7) is 1.92. The average Bonchev–Trinajstić information content (AvgIpc) is 2.99. The monoisotopic (exact) mass is 386 g/mol. The molecule has 1 fully saturated rings. The number of aromatic nitrogens is 3. The van der Waals surface area contributed by atoms with Crippen LogP contribution in [-0.2, 0) is 9.59 Å². The fourth-order valence-corrected chi connectivity index (χ4v) is 3.71. The van der Waals surface area contributed by atoms with Crippen LogP contribution in [0.5, 0.6) is 0 Å². The second-order valence-electron chi connectivity index (χ2n) is 7.33. The lowest BCUT2D eigenvalue weighted by Crippen LogP contribution is -2.43. The summed E-state index contributed by atoms with van der Waals surface area (Å²) in [5.74, 6) is -0.532. The number of hydroxylamine groups is 2. The molecule has 1 aliphatic carbocycles. The number of benzene rings is 1. The summed E-state index contributed by atoms with van der Waals surface area (Å²) in [5, 5.41) is 18.3. The Labute approximate surface area is 163 Å². The zero-order valence-corrected chi connectivity index (χ0v) is 16.0. The topological polar surface area (TPSA) is 120 Å². The summed E-state index contributed by atoms with van der Waals surface area (Å²) < 4.78 is 0. The van der Waals surface area contributed by atoms with Crippen molar-refractivity contribution in [1.82, 2.24) is 25.7 Å². The molecular weight excluding hydrogens is 360 g/mol. The molecular formula is C19H26N6O3. The quantitative estimate of drug-likeness (QED) is 0.289. The van der Waals surface area contributed by atoms with Gasteiger partial charge in [0.25, 0.3) is 5.95 Å². The van der Waals surface area contributed by atoms with E-state index in [0.717, 1.165) is 44.1 Å². The molecule has 0 radical (unpaired) electrons. The highest BCUT2D eigenvalue weighted by atomic mass is 16.5. The predicted octanol–water partition coefficient (Wildman–Crippen LogP) is 2.21. The number of hydrazine groups is 1. The van der Waals surface area contributed by atoms with E-state index in [-0.39, 0.29) is 24.3 Å². The van der Waals surface area contributed by atoms with Crippen LogP contribution in [0.1, 0.15) is 44.1 Å². The molecule has 2 amide bonds. The van der Waals surface area contributed by atoms with Crippen molar-refractivity contribution >= 4 is 29.3 Å². The van der Waals surface area contributed by atoms with Gasteiger partial charge < -0.3 is 0 Å². The molecule has 1 aromatic carbocycles. The van der Waals surface area contributed by atoms with E-state index in [4.69, 9.17) is 0 Å². The predicted molar refractivity (Wildman–Crippen MR) is 103 cm³/mol. The summed E-state index contributed by atoms with van der Waals surface area (Å²) in [6, 6.07) is 5.65. The number of amides is 2. The molecule has 3 rings (SSSR count). The van der Waals surface area contributed by atoms with E-state index in [1.165, 1.54) is 0 Å². The maximum absolute atomic E-state index is 12.8. The molecule has 28 heavy (non-hydrogen) atoms. The molecule has 1 aliphatic rings. The van der Waals surface area contributed by atoms with Crippen molar-refractivity contribution in [3.05, 3.63) is 23.8 Å². The summed E-state index contributed by atoms with van der Waals surface area (Å²) >= 11 is 0. The Morgan fingerprint density at radius 3 is 2.71 bits per heavy atom. The molecule has 1 atom stereocenters. The fourth-order valence-electron chi connectivity index (χ4n) is 3.71. The maximum atomic E-state index is 12.8. The Bertz CT molecular complexity index is 822. The van der Waals surface area contributed by atoms with Gasteiger partial charge in [-0.2, -0.15) is 0 Å². The third kappa shape index (κ3) is 5.13. The molecule has 0 unspecified atom stereocenters. The molecule has 150 valence electrons. The fraction of sp³-hybridized carbons (Fsp3) is 0.526. The molecule has 1 heterocycles. The molecule has 3 N–H and O–H groups in total. The van der Waals surface area contributed by atoms with E-state index < -0.39 is 5.92 Å². The van der Waals surface area contributed by atoms with Crippen LogP contribution in [0.25, 0.3) is 11.0 Å². The van der Waals surface area contributed by atoms with Gasteiger partial charge in [-0.15, -0.1) is 10.2 Å². The number of aryl methyl sites for hydroxylation is 1. The van der Waals surface area contributed by atoms with Crippen LogP contribution >= 0.6 is 0 Å². The van der Waals surface area contributed by atoms with Crippen LogP contribution in [0.3, 0.4) is 0 Å². The van der Waals surface area contributed by atoms with Crippen LogP contribution in [0, 0.1) is 18.8 Å². The minimum Gasteiger partial charge on any atom is -0.286 e. The van der Waals surface area contributed by atoms with E-state index in [9.17, 15) is 14.8 Å².